The molecule has 0 aromatic heterocycles. The summed E-state index contributed by atoms with van der Waals surface area (Å²) in [5, 5.41) is 0. The van der Waals surface area contributed by atoms with Crippen molar-refractivity contribution in [2.75, 3.05) is 19.8 Å². The zero-order chi connectivity index (χ0) is 9.45. The second kappa shape index (κ2) is 6.60. The van der Waals surface area contributed by atoms with Crippen LogP contribution in [-0.2, 0) is 13.9 Å². The van der Waals surface area contributed by atoms with E-state index in [-0.39, 0.29) is 9.76 Å². The van der Waals surface area contributed by atoms with E-state index in [0.29, 0.717) is 19.8 Å². The number of hydrogen-bond acceptors (Lipinski definition) is 3. The van der Waals surface area contributed by atoms with Gasteiger partial charge in [0, 0.05) is 19.8 Å². The minimum absolute atomic E-state index is 0.245. The van der Waals surface area contributed by atoms with Gasteiger partial charge in [0.05, 0.1) is 0 Å². The number of hydrogen-bond donors (Lipinski definition) is 0. The van der Waals surface area contributed by atoms with Gasteiger partial charge in [0.2, 0.25) is 0 Å². The zero-order valence-electron chi connectivity index (χ0n) is 8.35. The van der Waals surface area contributed by atoms with Crippen LogP contribution in [0.3, 0.4) is 0 Å². The second-order valence-electron chi connectivity index (χ2n) is 2.35. The highest BCUT2D eigenvalue weighted by molar-refractivity contribution is 6.30. The van der Waals surface area contributed by atoms with E-state index in [4.69, 9.17) is 13.9 Å². The molecule has 0 atom stereocenters. The van der Waals surface area contributed by atoms with Crippen molar-refractivity contribution < 1.29 is 13.9 Å². The molecule has 0 aliphatic carbocycles. The highest BCUT2D eigenvalue weighted by Crippen LogP contribution is 2.10. The van der Waals surface area contributed by atoms with E-state index < -0.39 is 5.41 Å². The van der Waals surface area contributed by atoms with Gasteiger partial charge in [0.25, 0.3) is 0 Å². The van der Waals surface area contributed by atoms with Gasteiger partial charge in [-0.3, -0.25) is 0 Å². The fourth-order valence-corrected chi connectivity index (χ4v) is 1.67. The molecule has 0 heterocycles. The van der Waals surface area contributed by atoms with Crippen molar-refractivity contribution in [3.8, 4) is 0 Å². The van der Waals surface area contributed by atoms with Crippen molar-refractivity contribution >= 4 is 9.76 Å². The summed E-state index contributed by atoms with van der Waals surface area (Å²) in [5.74, 6) is 0. The largest absolute Gasteiger partial charge is 0.412 e. The van der Waals surface area contributed by atoms with Crippen LogP contribution in [0.15, 0.2) is 0 Å². The highest BCUT2D eigenvalue weighted by Gasteiger charge is 2.27. The first kappa shape index (κ1) is 12.1. The number of rotatable bonds is 7. The monoisotopic (exact) mass is 190 g/mol. The molecule has 0 aliphatic heterocycles. The van der Waals surface area contributed by atoms with Crippen molar-refractivity contribution in [1.29, 1.82) is 0 Å². The van der Waals surface area contributed by atoms with Crippen LogP contribution in [0.1, 0.15) is 27.7 Å². The van der Waals surface area contributed by atoms with Gasteiger partial charge < -0.3 is 13.9 Å². The molecule has 0 N–H and O–H groups in total. The van der Waals surface area contributed by atoms with Crippen LogP contribution in [0.25, 0.3) is 0 Å². The molecule has 0 amide bonds. The molecule has 0 saturated heterocycles. The molecule has 2 radical (unpaired) electrons. The van der Waals surface area contributed by atoms with Crippen molar-refractivity contribution in [2.45, 2.75) is 33.1 Å². The van der Waals surface area contributed by atoms with E-state index in [1.165, 1.54) is 0 Å². The summed E-state index contributed by atoms with van der Waals surface area (Å²) in [6, 6.07) is 0. The van der Waals surface area contributed by atoms with E-state index >= 15 is 0 Å². The van der Waals surface area contributed by atoms with E-state index in [1.54, 1.807) is 0 Å². The molecule has 0 rings (SSSR count). The Hall–Kier alpha value is 0.0969. The van der Waals surface area contributed by atoms with Gasteiger partial charge >= 0.3 is 9.76 Å². The highest BCUT2D eigenvalue weighted by atomic mass is 28.2. The predicted molar refractivity (Wildman–Crippen MR) is 49.0 cm³/mol. The first-order chi connectivity index (χ1) is 5.68. The Morgan fingerprint density at radius 2 is 1.50 bits per heavy atom. The maximum absolute atomic E-state index is 5.44. The Balaban J connectivity index is 3.80. The SMILES string of the molecule is CCO[Si]C(C)(OCC)OCC. The molecule has 0 aliphatic rings. The molecular formula is C8H18O3Si. The Morgan fingerprint density at radius 1 is 1.00 bits per heavy atom. The Labute approximate surface area is 77.3 Å². The first-order valence-corrected chi connectivity index (χ1v) is 5.26. The Bertz CT molecular complexity index is 102. The third-order valence-electron chi connectivity index (χ3n) is 1.24. The normalized spacial score (nSPS) is 12.0. The van der Waals surface area contributed by atoms with Gasteiger partial charge in [0.1, 0.15) is 0 Å². The summed E-state index contributed by atoms with van der Waals surface area (Å²) in [6.45, 7) is 9.78. The molecule has 0 saturated carbocycles. The molecule has 0 bridgehead atoms. The molecule has 0 spiro atoms. The third kappa shape index (κ3) is 4.87. The molecule has 4 heteroatoms. The predicted octanol–water partition coefficient (Wildman–Crippen LogP) is 1.39. The molecule has 0 aromatic carbocycles. The maximum atomic E-state index is 5.44. The quantitative estimate of drug-likeness (QED) is 0.448. The minimum Gasteiger partial charge on any atom is -0.412 e. The summed E-state index contributed by atoms with van der Waals surface area (Å²) in [5.41, 5.74) is -0.542. The minimum atomic E-state index is -0.542. The van der Waals surface area contributed by atoms with Crippen LogP contribution in [0.2, 0.25) is 0 Å². The zero-order valence-corrected chi connectivity index (χ0v) is 9.35. The Kier molecular flexibility index (Phi) is 6.65. The smallest absolute Gasteiger partial charge is 0.304 e. The van der Waals surface area contributed by atoms with Gasteiger partial charge in [-0.15, -0.1) is 0 Å². The van der Waals surface area contributed by atoms with Crippen molar-refractivity contribution in [3.05, 3.63) is 0 Å². The van der Waals surface area contributed by atoms with Crippen molar-refractivity contribution in [2.24, 2.45) is 0 Å². The summed E-state index contributed by atoms with van der Waals surface area (Å²) in [6.07, 6.45) is 0. The summed E-state index contributed by atoms with van der Waals surface area (Å²) >= 11 is 0. The van der Waals surface area contributed by atoms with Crippen LogP contribution in [0.5, 0.6) is 0 Å². The average molecular weight is 190 g/mol. The van der Waals surface area contributed by atoms with Crippen LogP contribution >= 0.6 is 0 Å². The lowest BCUT2D eigenvalue weighted by molar-refractivity contribution is -0.169. The van der Waals surface area contributed by atoms with Gasteiger partial charge in [-0.1, -0.05) is 0 Å². The standard InChI is InChI=1S/C8H18O3Si/c1-5-9-8(4,10-6-2)12-11-7-3/h5-7H2,1-4H3. The van der Waals surface area contributed by atoms with E-state index in [1.807, 2.05) is 27.7 Å². The lowest BCUT2D eigenvalue weighted by Gasteiger charge is -2.27. The topological polar surface area (TPSA) is 27.7 Å². The first-order valence-electron chi connectivity index (χ1n) is 4.35. The van der Waals surface area contributed by atoms with Gasteiger partial charge in [-0.05, 0) is 27.7 Å². The summed E-state index contributed by atoms with van der Waals surface area (Å²) in [4.78, 5) is 0. The molecule has 72 valence electrons. The second-order valence-corrected chi connectivity index (χ2v) is 3.75. The molecular weight excluding hydrogens is 172 g/mol. The fraction of sp³-hybridized carbons (Fsp3) is 1.00. The van der Waals surface area contributed by atoms with E-state index in [2.05, 4.69) is 0 Å². The molecule has 0 aromatic rings. The molecule has 12 heavy (non-hydrogen) atoms. The van der Waals surface area contributed by atoms with Crippen LogP contribution in [-0.4, -0.2) is 35.0 Å². The van der Waals surface area contributed by atoms with E-state index in [0.717, 1.165) is 0 Å². The van der Waals surface area contributed by atoms with Gasteiger partial charge in [-0.2, -0.15) is 0 Å². The third-order valence-corrected chi connectivity index (χ3v) is 2.33. The van der Waals surface area contributed by atoms with Crippen LogP contribution < -0.4 is 0 Å². The maximum Gasteiger partial charge on any atom is 0.304 e. The van der Waals surface area contributed by atoms with E-state index in [9.17, 15) is 0 Å². The van der Waals surface area contributed by atoms with Crippen molar-refractivity contribution in [3.63, 3.8) is 0 Å². The lowest BCUT2D eigenvalue weighted by Crippen LogP contribution is -2.40. The summed E-state index contributed by atoms with van der Waals surface area (Å²) in [7, 11) is 0.245. The fourth-order valence-electron chi connectivity index (χ4n) is 0.855. The van der Waals surface area contributed by atoms with Gasteiger partial charge in [-0.25, -0.2) is 0 Å². The Morgan fingerprint density at radius 3 is 1.83 bits per heavy atom. The molecule has 0 unspecified atom stereocenters. The van der Waals surface area contributed by atoms with Crippen molar-refractivity contribution in [1.82, 2.24) is 0 Å². The number of ether oxygens (including phenoxy) is 2. The van der Waals surface area contributed by atoms with Gasteiger partial charge in [0.15, 0.2) is 5.41 Å². The van der Waals surface area contributed by atoms with Crippen LogP contribution in [0.4, 0.5) is 0 Å². The summed E-state index contributed by atoms with van der Waals surface area (Å²) < 4.78 is 16.2. The molecule has 0 fully saturated rings. The van der Waals surface area contributed by atoms with Crippen LogP contribution in [0, 0.1) is 0 Å². The average Bonchev–Trinajstić information content (AvgIpc) is 2.02. The molecule has 3 nitrogen and oxygen atoms in total. The lowest BCUT2D eigenvalue weighted by atomic mass is 10.7.